The summed E-state index contributed by atoms with van der Waals surface area (Å²) in [6, 6.07) is 12.1. The van der Waals surface area contributed by atoms with Gasteiger partial charge in [0.15, 0.2) is 11.5 Å². The molecule has 1 heterocycles. The molecule has 0 aliphatic carbocycles. The first kappa shape index (κ1) is 20.2. The van der Waals surface area contributed by atoms with Crippen LogP contribution in [0.15, 0.2) is 42.5 Å². The highest BCUT2D eigenvalue weighted by molar-refractivity contribution is 6.30. The van der Waals surface area contributed by atoms with Crippen LogP contribution in [0.5, 0.6) is 11.5 Å². The fourth-order valence-electron chi connectivity index (χ4n) is 2.97. The SMILES string of the molecule is COc1ccc(C(C)NC(=O)C2NNNC2Nc2cccc(Cl)c2)cc1OC. The Morgan fingerprint density at radius 1 is 1.11 bits per heavy atom. The second-order valence-electron chi connectivity index (χ2n) is 6.37. The summed E-state index contributed by atoms with van der Waals surface area (Å²) in [5.74, 6) is 1.09. The minimum atomic E-state index is -0.540. The van der Waals surface area contributed by atoms with Gasteiger partial charge in [0.05, 0.1) is 20.3 Å². The molecule has 0 aromatic heterocycles. The molecule has 0 radical (unpaired) electrons. The number of nitrogens with one attached hydrogen (secondary N) is 5. The normalized spacial score (nSPS) is 19.7. The molecule has 5 N–H and O–H groups in total. The van der Waals surface area contributed by atoms with Crippen LogP contribution < -0.4 is 36.5 Å². The van der Waals surface area contributed by atoms with Gasteiger partial charge in [-0.25, -0.2) is 10.9 Å². The summed E-state index contributed by atoms with van der Waals surface area (Å²) in [6.07, 6.45) is -0.365. The lowest BCUT2D eigenvalue weighted by Gasteiger charge is -2.23. The number of carbonyl (C=O) groups is 1. The molecule has 9 heteroatoms. The number of amides is 1. The molecule has 1 saturated heterocycles. The topological polar surface area (TPSA) is 95.7 Å². The van der Waals surface area contributed by atoms with E-state index in [4.69, 9.17) is 21.1 Å². The lowest BCUT2D eigenvalue weighted by molar-refractivity contribution is -0.123. The van der Waals surface area contributed by atoms with E-state index in [0.29, 0.717) is 16.5 Å². The van der Waals surface area contributed by atoms with Gasteiger partial charge in [-0.05, 0) is 42.8 Å². The lowest BCUT2D eigenvalue weighted by atomic mass is 10.1. The van der Waals surface area contributed by atoms with Crippen LogP contribution >= 0.6 is 11.6 Å². The molecule has 28 heavy (non-hydrogen) atoms. The van der Waals surface area contributed by atoms with Crippen molar-refractivity contribution in [3.05, 3.63) is 53.1 Å². The Balaban J connectivity index is 1.66. The zero-order chi connectivity index (χ0) is 20.1. The van der Waals surface area contributed by atoms with E-state index >= 15 is 0 Å². The van der Waals surface area contributed by atoms with E-state index in [-0.39, 0.29) is 18.1 Å². The monoisotopic (exact) mass is 405 g/mol. The maximum absolute atomic E-state index is 12.8. The molecule has 3 atom stereocenters. The first-order chi connectivity index (χ1) is 13.5. The van der Waals surface area contributed by atoms with E-state index in [1.807, 2.05) is 37.3 Å². The Labute approximate surface area is 168 Å². The molecule has 1 aliphatic heterocycles. The summed E-state index contributed by atoms with van der Waals surface area (Å²) in [6.45, 7) is 1.91. The standard InChI is InChI=1S/C19H24ClN5O3/c1-11(12-7-8-15(27-2)16(9-12)28-3)21-19(26)17-18(24-25-23-17)22-14-6-4-5-13(20)10-14/h4-11,17-18,22-25H,1-3H3,(H,21,26). The molecule has 0 spiro atoms. The van der Waals surface area contributed by atoms with Crippen molar-refractivity contribution in [1.82, 2.24) is 21.7 Å². The Morgan fingerprint density at radius 3 is 2.61 bits per heavy atom. The van der Waals surface area contributed by atoms with Crippen molar-refractivity contribution in [3.8, 4) is 11.5 Å². The number of rotatable bonds is 7. The zero-order valence-electron chi connectivity index (χ0n) is 15.9. The summed E-state index contributed by atoms with van der Waals surface area (Å²) < 4.78 is 10.6. The molecule has 2 aromatic carbocycles. The first-order valence-electron chi connectivity index (χ1n) is 8.82. The number of hydrogen-bond donors (Lipinski definition) is 5. The van der Waals surface area contributed by atoms with Crippen LogP contribution in [-0.2, 0) is 4.79 Å². The molecule has 3 rings (SSSR count). The smallest absolute Gasteiger partial charge is 0.242 e. The Hall–Kier alpha value is -2.52. The van der Waals surface area contributed by atoms with E-state index < -0.39 is 6.04 Å². The van der Waals surface area contributed by atoms with E-state index in [9.17, 15) is 4.79 Å². The predicted molar refractivity (Wildman–Crippen MR) is 108 cm³/mol. The van der Waals surface area contributed by atoms with Gasteiger partial charge in [-0.1, -0.05) is 23.7 Å². The highest BCUT2D eigenvalue weighted by Gasteiger charge is 2.33. The minimum Gasteiger partial charge on any atom is -0.493 e. The summed E-state index contributed by atoms with van der Waals surface area (Å²) in [5, 5.41) is 6.87. The Morgan fingerprint density at radius 2 is 1.89 bits per heavy atom. The molecule has 0 bridgehead atoms. The van der Waals surface area contributed by atoms with Gasteiger partial charge in [-0.15, -0.1) is 0 Å². The summed E-state index contributed by atoms with van der Waals surface area (Å²) in [7, 11) is 3.17. The van der Waals surface area contributed by atoms with Crippen LogP contribution in [-0.4, -0.2) is 32.3 Å². The van der Waals surface area contributed by atoms with Crippen molar-refractivity contribution >= 4 is 23.2 Å². The zero-order valence-corrected chi connectivity index (χ0v) is 16.6. The van der Waals surface area contributed by atoms with Crippen molar-refractivity contribution < 1.29 is 14.3 Å². The molecule has 3 unspecified atom stereocenters. The molecular weight excluding hydrogens is 382 g/mol. The molecule has 0 saturated carbocycles. The third-order valence-corrected chi connectivity index (χ3v) is 4.72. The number of hydrogen-bond acceptors (Lipinski definition) is 7. The third kappa shape index (κ3) is 4.66. The third-order valence-electron chi connectivity index (χ3n) is 4.48. The van der Waals surface area contributed by atoms with Crippen LogP contribution in [0.25, 0.3) is 0 Å². The number of benzene rings is 2. The Kier molecular flexibility index (Phi) is 6.58. The maximum atomic E-state index is 12.8. The van der Waals surface area contributed by atoms with Crippen LogP contribution in [0.2, 0.25) is 5.02 Å². The highest BCUT2D eigenvalue weighted by Crippen LogP contribution is 2.30. The molecule has 1 aliphatic rings. The predicted octanol–water partition coefficient (Wildman–Crippen LogP) is 1.95. The highest BCUT2D eigenvalue weighted by atomic mass is 35.5. The van der Waals surface area contributed by atoms with Crippen LogP contribution in [0, 0.1) is 0 Å². The van der Waals surface area contributed by atoms with E-state index in [1.165, 1.54) is 0 Å². The number of halogens is 1. The number of hydrazine groups is 2. The number of methoxy groups -OCH3 is 2. The van der Waals surface area contributed by atoms with E-state index in [0.717, 1.165) is 11.3 Å². The van der Waals surface area contributed by atoms with Gasteiger partial charge < -0.3 is 20.1 Å². The summed E-state index contributed by atoms with van der Waals surface area (Å²) in [5.41, 5.74) is 10.4. The quantitative estimate of drug-likeness (QED) is 0.480. The van der Waals surface area contributed by atoms with Crippen molar-refractivity contribution in [2.75, 3.05) is 19.5 Å². The van der Waals surface area contributed by atoms with E-state index in [1.54, 1.807) is 26.4 Å². The van der Waals surface area contributed by atoms with Crippen molar-refractivity contribution in [3.63, 3.8) is 0 Å². The van der Waals surface area contributed by atoms with Crippen molar-refractivity contribution in [2.45, 2.75) is 25.2 Å². The average molecular weight is 406 g/mol. The molecular formula is C19H24ClN5O3. The lowest BCUT2D eigenvalue weighted by Crippen LogP contribution is -2.50. The van der Waals surface area contributed by atoms with Gasteiger partial charge in [-0.3, -0.25) is 4.79 Å². The van der Waals surface area contributed by atoms with Gasteiger partial charge >= 0.3 is 0 Å². The molecule has 1 amide bonds. The Bertz CT molecular complexity index is 835. The van der Waals surface area contributed by atoms with Crippen molar-refractivity contribution in [2.24, 2.45) is 0 Å². The second-order valence-corrected chi connectivity index (χ2v) is 6.80. The minimum absolute atomic E-state index is 0.167. The van der Waals surface area contributed by atoms with Crippen LogP contribution in [0.4, 0.5) is 5.69 Å². The molecule has 2 aromatic rings. The fourth-order valence-corrected chi connectivity index (χ4v) is 3.16. The van der Waals surface area contributed by atoms with Gasteiger partial charge in [0, 0.05) is 10.7 Å². The van der Waals surface area contributed by atoms with Gasteiger partial charge in [0.25, 0.3) is 0 Å². The van der Waals surface area contributed by atoms with Gasteiger partial charge in [0.2, 0.25) is 5.91 Å². The largest absolute Gasteiger partial charge is 0.493 e. The van der Waals surface area contributed by atoms with E-state index in [2.05, 4.69) is 27.0 Å². The average Bonchev–Trinajstić information content (AvgIpc) is 3.15. The number of carbonyl (C=O) groups excluding carboxylic acids is 1. The van der Waals surface area contributed by atoms with Crippen LogP contribution in [0.1, 0.15) is 18.5 Å². The van der Waals surface area contributed by atoms with Crippen molar-refractivity contribution in [1.29, 1.82) is 0 Å². The van der Waals surface area contributed by atoms with Gasteiger partial charge in [-0.2, -0.15) is 5.53 Å². The molecule has 8 nitrogen and oxygen atoms in total. The number of anilines is 1. The number of ether oxygens (including phenoxy) is 2. The second kappa shape index (κ2) is 9.11. The summed E-state index contributed by atoms with van der Waals surface area (Å²) in [4.78, 5) is 12.8. The fraction of sp³-hybridized carbons (Fsp3) is 0.316. The first-order valence-corrected chi connectivity index (χ1v) is 9.20. The maximum Gasteiger partial charge on any atom is 0.242 e. The molecule has 1 fully saturated rings. The van der Waals surface area contributed by atoms with Crippen LogP contribution in [0.3, 0.4) is 0 Å². The summed E-state index contributed by atoms with van der Waals surface area (Å²) >= 11 is 6.02. The van der Waals surface area contributed by atoms with Gasteiger partial charge in [0.1, 0.15) is 12.2 Å². The molecule has 150 valence electrons.